The minimum atomic E-state index is -0.154. The van der Waals surface area contributed by atoms with Crippen LogP contribution in [-0.4, -0.2) is 54.4 Å². The highest BCUT2D eigenvalue weighted by atomic mass is 16.5. The van der Waals surface area contributed by atoms with E-state index in [1.807, 2.05) is 0 Å². The van der Waals surface area contributed by atoms with Crippen molar-refractivity contribution in [3.05, 3.63) is 42.0 Å². The number of aromatic nitrogens is 2. The summed E-state index contributed by atoms with van der Waals surface area (Å²) in [6.07, 6.45) is 0. The number of hydrogen-bond acceptors (Lipinski definition) is 5. The molecule has 0 spiro atoms. The van der Waals surface area contributed by atoms with Crippen LogP contribution in [0.2, 0.25) is 0 Å². The number of piperazine rings is 1. The highest BCUT2D eigenvalue weighted by Crippen LogP contribution is 2.18. The number of rotatable bonds is 3. The maximum atomic E-state index is 12.3. The molecule has 7 nitrogen and oxygen atoms in total. The molecule has 2 aromatic rings. The van der Waals surface area contributed by atoms with Gasteiger partial charge in [0, 0.05) is 37.9 Å². The van der Waals surface area contributed by atoms with Crippen LogP contribution in [0, 0.1) is 6.92 Å². The van der Waals surface area contributed by atoms with E-state index in [4.69, 9.17) is 4.74 Å². The van der Waals surface area contributed by atoms with E-state index in [0.717, 1.165) is 13.1 Å². The van der Waals surface area contributed by atoms with Crippen LogP contribution in [0.1, 0.15) is 5.56 Å². The molecule has 0 radical (unpaired) electrons. The molecule has 2 amide bonds. The second kappa shape index (κ2) is 7.16. The van der Waals surface area contributed by atoms with Crippen molar-refractivity contribution in [3.63, 3.8) is 0 Å². The van der Waals surface area contributed by atoms with Gasteiger partial charge in [0.1, 0.15) is 0 Å². The lowest BCUT2D eigenvalue weighted by Crippen LogP contribution is -2.50. The van der Waals surface area contributed by atoms with Crippen LogP contribution < -0.4 is 15.0 Å². The van der Waals surface area contributed by atoms with Gasteiger partial charge in [0.2, 0.25) is 5.88 Å². The molecule has 2 heterocycles. The summed E-state index contributed by atoms with van der Waals surface area (Å²) in [4.78, 5) is 16.4. The Bertz CT molecular complexity index is 696. The first-order valence-corrected chi connectivity index (χ1v) is 7.91. The quantitative estimate of drug-likeness (QED) is 0.935. The number of nitrogens with zero attached hydrogens (tertiary/aromatic N) is 4. The maximum Gasteiger partial charge on any atom is 0.323 e. The lowest BCUT2D eigenvalue weighted by molar-refractivity contribution is 0.208. The first-order valence-electron chi connectivity index (χ1n) is 7.91. The van der Waals surface area contributed by atoms with Gasteiger partial charge in [-0.3, -0.25) is 5.32 Å². The first-order chi connectivity index (χ1) is 11.7. The largest absolute Gasteiger partial charge is 0.480 e. The molecular formula is C17H21N5O2. The zero-order chi connectivity index (χ0) is 16.9. The topological polar surface area (TPSA) is 70.6 Å². The summed E-state index contributed by atoms with van der Waals surface area (Å²) in [5.74, 6) is 0.835. The van der Waals surface area contributed by atoms with E-state index in [1.165, 1.54) is 18.4 Å². The molecule has 1 aliphatic rings. The first kappa shape index (κ1) is 16.0. The third-order valence-corrected chi connectivity index (χ3v) is 4.02. The number of benzene rings is 1. The van der Waals surface area contributed by atoms with Crippen LogP contribution in [0.15, 0.2) is 36.4 Å². The van der Waals surface area contributed by atoms with E-state index in [1.54, 1.807) is 17.0 Å². The standard InChI is InChI=1S/C17H21N5O2/c1-13-4-3-5-14(12-13)21-8-10-22(11-9-21)17(23)18-15-6-7-16(24-2)20-19-15/h3-7,12H,8-11H2,1-2H3,(H,18,19,23). The van der Waals surface area contributed by atoms with Crippen LogP contribution in [0.25, 0.3) is 0 Å². The number of hydrogen-bond donors (Lipinski definition) is 1. The molecule has 0 atom stereocenters. The smallest absolute Gasteiger partial charge is 0.323 e. The average molecular weight is 327 g/mol. The lowest BCUT2D eigenvalue weighted by atomic mass is 10.2. The summed E-state index contributed by atoms with van der Waals surface area (Å²) in [6, 6.07) is 11.6. The Hall–Kier alpha value is -2.83. The fourth-order valence-corrected chi connectivity index (χ4v) is 2.68. The Balaban J connectivity index is 1.54. The molecule has 7 heteroatoms. The van der Waals surface area contributed by atoms with Gasteiger partial charge in [-0.15, -0.1) is 10.2 Å². The number of anilines is 2. The highest BCUT2D eigenvalue weighted by molar-refractivity contribution is 5.88. The molecule has 0 saturated carbocycles. The van der Waals surface area contributed by atoms with Crippen LogP contribution in [0.4, 0.5) is 16.3 Å². The molecule has 1 N–H and O–H groups in total. The SMILES string of the molecule is COc1ccc(NC(=O)N2CCN(c3cccc(C)c3)CC2)nn1. The fourth-order valence-electron chi connectivity index (χ4n) is 2.68. The summed E-state index contributed by atoms with van der Waals surface area (Å²) in [7, 11) is 1.52. The molecule has 126 valence electrons. The third-order valence-electron chi connectivity index (χ3n) is 4.02. The number of ether oxygens (including phenoxy) is 1. The highest BCUT2D eigenvalue weighted by Gasteiger charge is 2.21. The molecule has 1 fully saturated rings. The zero-order valence-electron chi connectivity index (χ0n) is 13.9. The van der Waals surface area contributed by atoms with E-state index in [-0.39, 0.29) is 6.03 Å². The van der Waals surface area contributed by atoms with Crippen molar-refractivity contribution < 1.29 is 9.53 Å². The molecule has 1 saturated heterocycles. The number of methoxy groups -OCH3 is 1. The van der Waals surface area contributed by atoms with E-state index in [0.29, 0.717) is 24.8 Å². The van der Waals surface area contributed by atoms with Crippen LogP contribution in [-0.2, 0) is 0 Å². The molecule has 24 heavy (non-hydrogen) atoms. The van der Waals surface area contributed by atoms with Crippen molar-refractivity contribution in [2.45, 2.75) is 6.92 Å². The summed E-state index contributed by atoms with van der Waals surface area (Å²) in [5, 5.41) is 10.5. The number of urea groups is 1. The third kappa shape index (κ3) is 3.73. The van der Waals surface area contributed by atoms with Crippen molar-refractivity contribution in [1.29, 1.82) is 0 Å². The molecule has 1 aliphatic heterocycles. The Labute approximate surface area is 141 Å². The van der Waals surface area contributed by atoms with E-state index in [9.17, 15) is 4.79 Å². The molecule has 0 unspecified atom stereocenters. The van der Waals surface area contributed by atoms with Crippen molar-refractivity contribution in [3.8, 4) is 5.88 Å². The van der Waals surface area contributed by atoms with Crippen LogP contribution >= 0.6 is 0 Å². The minimum Gasteiger partial charge on any atom is -0.480 e. The van der Waals surface area contributed by atoms with Gasteiger partial charge in [0.15, 0.2) is 5.82 Å². The van der Waals surface area contributed by atoms with Crippen molar-refractivity contribution in [1.82, 2.24) is 15.1 Å². The maximum absolute atomic E-state index is 12.3. The van der Waals surface area contributed by atoms with Gasteiger partial charge in [-0.1, -0.05) is 12.1 Å². The Morgan fingerprint density at radius 2 is 1.92 bits per heavy atom. The van der Waals surface area contributed by atoms with Gasteiger partial charge >= 0.3 is 6.03 Å². The predicted molar refractivity (Wildman–Crippen MR) is 92.6 cm³/mol. The normalized spacial score (nSPS) is 14.4. The molecule has 1 aromatic carbocycles. The molecular weight excluding hydrogens is 306 g/mol. The molecule has 0 bridgehead atoms. The summed E-state index contributed by atoms with van der Waals surface area (Å²) >= 11 is 0. The van der Waals surface area contributed by atoms with Gasteiger partial charge in [-0.2, -0.15) is 0 Å². The van der Waals surface area contributed by atoms with E-state index >= 15 is 0 Å². The number of carbonyl (C=O) groups is 1. The van der Waals surface area contributed by atoms with Gasteiger partial charge in [0.25, 0.3) is 0 Å². The van der Waals surface area contributed by atoms with Crippen LogP contribution in [0.5, 0.6) is 5.88 Å². The number of carbonyl (C=O) groups excluding carboxylic acids is 1. The van der Waals surface area contributed by atoms with Crippen LogP contribution in [0.3, 0.4) is 0 Å². The number of amides is 2. The van der Waals surface area contributed by atoms with Crippen molar-refractivity contribution >= 4 is 17.5 Å². The van der Waals surface area contributed by atoms with E-state index < -0.39 is 0 Å². The number of aryl methyl sites for hydroxylation is 1. The fraction of sp³-hybridized carbons (Fsp3) is 0.353. The minimum absolute atomic E-state index is 0.154. The second-order valence-corrected chi connectivity index (χ2v) is 5.70. The summed E-state index contributed by atoms with van der Waals surface area (Å²) in [6.45, 7) is 5.05. The summed E-state index contributed by atoms with van der Waals surface area (Å²) in [5.41, 5.74) is 2.45. The molecule has 1 aromatic heterocycles. The lowest BCUT2D eigenvalue weighted by Gasteiger charge is -2.36. The molecule has 0 aliphatic carbocycles. The monoisotopic (exact) mass is 327 g/mol. The summed E-state index contributed by atoms with van der Waals surface area (Å²) < 4.78 is 4.95. The predicted octanol–water partition coefficient (Wildman–Crippen LogP) is 2.15. The van der Waals surface area contributed by atoms with Gasteiger partial charge in [-0.05, 0) is 30.7 Å². The number of nitrogens with one attached hydrogen (secondary N) is 1. The average Bonchev–Trinajstić information content (AvgIpc) is 2.62. The van der Waals surface area contributed by atoms with Crippen molar-refractivity contribution in [2.24, 2.45) is 0 Å². The Morgan fingerprint density at radius 3 is 2.54 bits per heavy atom. The van der Waals surface area contributed by atoms with Gasteiger partial charge in [-0.25, -0.2) is 4.79 Å². The Kier molecular flexibility index (Phi) is 4.79. The molecule has 3 rings (SSSR count). The second-order valence-electron chi connectivity index (χ2n) is 5.70. The van der Waals surface area contributed by atoms with Gasteiger partial charge in [0.05, 0.1) is 7.11 Å². The zero-order valence-corrected chi connectivity index (χ0v) is 13.9. The van der Waals surface area contributed by atoms with E-state index in [2.05, 4.69) is 51.6 Å². The Morgan fingerprint density at radius 1 is 1.12 bits per heavy atom. The van der Waals surface area contributed by atoms with Crippen molar-refractivity contribution in [2.75, 3.05) is 43.5 Å². The van der Waals surface area contributed by atoms with Gasteiger partial charge < -0.3 is 14.5 Å².